The lowest BCUT2D eigenvalue weighted by molar-refractivity contribution is -0.141. The molecule has 3 rings (SSSR count). The Morgan fingerprint density at radius 2 is 1.87 bits per heavy atom. The molecule has 3 heterocycles. The second-order valence-electron chi connectivity index (χ2n) is 7.42. The average molecular weight is 431 g/mol. The Hall–Kier alpha value is -2.65. The van der Waals surface area contributed by atoms with Gasteiger partial charge in [-0.05, 0) is 31.9 Å². The summed E-state index contributed by atoms with van der Waals surface area (Å²) in [7, 11) is 1.34. The normalized spacial score (nSPS) is 17.0. The van der Waals surface area contributed by atoms with Crippen molar-refractivity contribution in [2.24, 2.45) is 0 Å². The number of hydrogen-bond donors (Lipinski definition) is 1. The summed E-state index contributed by atoms with van der Waals surface area (Å²) in [6.07, 6.45) is -5.41. The molecule has 0 amide bonds. The van der Waals surface area contributed by atoms with Crippen LogP contribution in [-0.4, -0.2) is 36.1 Å². The van der Waals surface area contributed by atoms with Crippen molar-refractivity contribution in [1.29, 1.82) is 0 Å². The van der Waals surface area contributed by atoms with Crippen LogP contribution in [0.1, 0.15) is 36.2 Å². The molecule has 1 aliphatic rings. The van der Waals surface area contributed by atoms with E-state index >= 15 is 0 Å². The Bertz CT molecular complexity index is 1000. The molecule has 0 radical (unpaired) electrons. The van der Waals surface area contributed by atoms with E-state index in [4.69, 9.17) is 4.74 Å². The minimum atomic E-state index is -4.70. The predicted octanol–water partition coefficient (Wildman–Crippen LogP) is 4.71. The summed E-state index contributed by atoms with van der Waals surface area (Å²) in [5.41, 5.74) is -0.775. The van der Waals surface area contributed by atoms with Crippen LogP contribution < -0.4 is 15.1 Å². The molecule has 164 valence electrons. The van der Waals surface area contributed by atoms with E-state index in [1.165, 1.54) is 31.1 Å². The number of rotatable bonds is 3. The van der Waals surface area contributed by atoms with Gasteiger partial charge in [-0.15, -0.1) is 0 Å². The summed E-state index contributed by atoms with van der Waals surface area (Å²) < 4.78 is 73.1. The average Bonchev–Trinajstić information content (AvgIpc) is 2.80. The van der Waals surface area contributed by atoms with E-state index in [1.807, 2.05) is 0 Å². The van der Waals surface area contributed by atoms with Crippen molar-refractivity contribution < 1.29 is 26.7 Å². The number of ether oxygens (including phenoxy) is 1. The van der Waals surface area contributed by atoms with E-state index in [0.717, 1.165) is 0 Å². The zero-order valence-electron chi connectivity index (χ0n) is 16.8. The number of nitrogens with zero attached hydrogens (tertiary/aromatic N) is 2. The summed E-state index contributed by atoms with van der Waals surface area (Å²) in [6.45, 7) is 2.86. The number of aromatic amines is 1. The highest BCUT2D eigenvalue weighted by atomic mass is 19.4. The van der Waals surface area contributed by atoms with Crippen molar-refractivity contribution in [3.8, 4) is 17.0 Å². The molecule has 0 aromatic carbocycles. The van der Waals surface area contributed by atoms with Gasteiger partial charge < -0.3 is 14.6 Å². The molecule has 1 saturated heterocycles. The first-order chi connectivity index (χ1) is 13.9. The number of hydrogen-bond acceptors (Lipinski definition) is 4. The number of aromatic nitrogens is 2. The largest absolute Gasteiger partial charge is 0.491 e. The monoisotopic (exact) mass is 431 g/mol. The maximum atomic E-state index is 13.8. The molecule has 2 aromatic rings. The number of alkyl halides is 5. The van der Waals surface area contributed by atoms with Crippen LogP contribution in [0.25, 0.3) is 11.3 Å². The summed E-state index contributed by atoms with van der Waals surface area (Å²) in [6, 6.07) is 2.50. The third kappa shape index (κ3) is 4.41. The zero-order chi connectivity index (χ0) is 22.3. The smallest absolute Gasteiger partial charge is 0.433 e. The molecule has 0 saturated carbocycles. The molecule has 1 aliphatic heterocycles. The van der Waals surface area contributed by atoms with Gasteiger partial charge in [0.2, 0.25) is 11.4 Å². The lowest BCUT2D eigenvalue weighted by Gasteiger charge is -2.26. The van der Waals surface area contributed by atoms with Crippen molar-refractivity contribution >= 4 is 5.82 Å². The number of H-pyrrole nitrogens is 1. The Balaban J connectivity index is 2.20. The van der Waals surface area contributed by atoms with Gasteiger partial charge in [-0.3, -0.25) is 4.79 Å². The first kappa shape index (κ1) is 22.0. The third-order valence-electron chi connectivity index (χ3n) is 5.14. The predicted molar refractivity (Wildman–Crippen MR) is 102 cm³/mol. The molecule has 0 atom stereocenters. The van der Waals surface area contributed by atoms with E-state index in [-0.39, 0.29) is 54.3 Å². The maximum Gasteiger partial charge on any atom is 0.433 e. The van der Waals surface area contributed by atoms with Gasteiger partial charge in [0, 0.05) is 37.6 Å². The number of nitrogens with one attached hydrogen (secondary N) is 1. The molecule has 2 aromatic heterocycles. The van der Waals surface area contributed by atoms with E-state index in [0.29, 0.717) is 5.69 Å². The van der Waals surface area contributed by atoms with E-state index in [9.17, 15) is 26.7 Å². The minimum Gasteiger partial charge on any atom is -0.491 e. The fourth-order valence-electron chi connectivity index (χ4n) is 3.68. The molecule has 10 heteroatoms. The van der Waals surface area contributed by atoms with Gasteiger partial charge in [0.15, 0.2) is 5.75 Å². The number of anilines is 1. The fourth-order valence-corrected chi connectivity index (χ4v) is 3.68. The topological polar surface area (TPSA) is 58.2 Å². The molecular formula is C20H22F5N3O2. The second-order valence-corrected chi connectivity index (χ2v) is 7.42. The Morgan fingerprint density at radius 1 is 1.17 bits per heavy atom. The highest BCUT2D eigenvalue weighted by Crippen LogP contribution is 2.38. The van der Waals surface area contributed by atoms with Crippen molar-refractivity contribution in [3.63, 3.8) is 0 Å². The maximum absolute atomic E-state index is 13.8. The minimum absolute atomic E-state index is 0.0779. The van der Waals surface area contributed by atoms with Crippen molar-refractivity contribution in [3.05, 3.63) is 39.3 Å². The van der Waals surface area contributed by atoms with Crippen molar-refractivity contribution in [2.75, 3.05) is 25.1 Å². The number of methoxy groups -OCH3 is 1. The first-order valence-electron chi connectivity index (χ1n) is 9.43. The lowest BCUT2D eigenvalue weighted by Crippen LogP contribution is -2.28. The van der Waals surface area contributed by atoms with Gasteiger partial charge in [0.05, 0.1) is 18.5 Å². The molecule has 0 spiro atoms. The van der Waals surface area contributed by atoms with Gasteiger partial charge in [0.1, 0.15) is 11.5 Å². The van der Waals surface area contributed by atoms with Gasteiger partial charge >= 0.3 is 6.18 Å². The standard InChI is InChI=1S/C20H22F5N3O2/c1-11-9-13(14-10-15(29)16(30-3)12(2)26-14)18(27-17(11)20(23,24)25)28-7-4-5-19(21,22)6-8-28/h9-10H,4-8H2,1-3H3,(H,26,29). The number of halogens is 5. The van der Waals surface area contributed by atoms with Crippen LogP contribution in [0.3, 0.4) is 0 Å². The van der Waals surface area contributed by atoms with Gasteiger partial charge in [0.25, 0.3) is 0 Å². The van der Waals surface area contributed by atoms with Crippen LogP contribution in [0.4, 0.5) is 27.8 Å². The lowest BCUT2D eigenvalue weighted by atomic mass is 10.1. The molecular weight excluding hydrogens is 409 g/mol. The number of aryl methyl sites for hydroxylation is 2. The molecule has 0 bridgehead atoms. The zero-order valence-corrected chi connectivity index (χ0v) is 16.8. The summed E-state index contributed by atoms with van der Waals surface area (Å²) in [5, 5.41) is 0. The van der Waals surface area contributed by atoms with E-state index in [1.54, 1.807) is 6.92 Å². The Labute approximate surface area is 169 Å². The number of pyridine rings is 2. The first-order valence-corrected chi connectivity index (χ1v) is 9.43. The molecule has 0 unspecified atom stereocenters. The van der Waals surface area contributed by atoms with E-state index < -0.39 is 29.6 Å². The van der Waals surface area contributed by atoms with Crippen LogP contribution in [0.5, 0.6) is 5.75 Å². The molecule has 1 N–H and O–H groups in total. The van der Waals surface area contributed by atoms with Crippen LogP contribution >= 0.6 is 0 Å². The fraction of sp³-hybridized carbons (Fsp3) is 0.500. The highest BCUT2D eigenvalue weighted by molar-refractivity contribution is 5.75. The van der Waals surface area contributed by atoms with Gasteiger partial charge in [-0.25, -0.2) is 13.8 Å². The second kappa shape index (κ2) is 7.88. The van der Waals surface area contributed by atoms with Crippen LogP contribution in [-0.2, 0) is 6.18 Å². The quantitative estimate of drug-likeness (QED) is 0.716. The van der Waals surface area contributed by atoms with Crippen molar-refractivity contribution in [2.45, 2.75) is 45.2 Å². The summed E-state index contributed by atoms with van der Waals surface area (Å²) in [5.74, 6) is -2.87. The van der Waals surface area contributed by atoms with Gasteiger partial charge in [-0.1, -0.05) is 0 Å². The van der Waals surface area contributed by atoms with Crippen molar-refractivity contribution in [1.82, 2.24) is 9.97 Å². The van der Waals surface area contributed by atoms with Crippen LogP contribution in [0.15, 0.2) is 16.9 Å². The molecule has 0 aliphatic carbocycles. The van der Waals surface area contributed by atoms with Gasteiger partial charge in [-0.2, -0.15) is 13.2 Å². The highest BCUT2D eigenvalue weighted by Gasteiger charge is 2.37. The Kier molecular flexibility index (Phi) is 5.79. The third-order valence-corrected chi connectivity index (χ3v) is 5.14. The summed E-state index contributed by atoms with van der Waals surface area (Å²) >= 11 is 0. The summed E-state index contributed by atoms with van der Waals surface area (Å²) in [4.78, 5) is 20.6. The SMILES string of the molecule is COc1c(C)[nH]c(-c2cc(C)c(C(F)(F)F)nc2N2CCCC(F)(F)CC2)cc1=O. The molecule has 1 fully saturated rings. The van der Waals surface area contributed by atoms with Crippen LogP contribution in [0.2, 0.25) is 0 Å². The van der Waals surface area contributed by atoms with Crippen LogP contribution in [0, 0.1) is 13.8 Å². The van der Waals surface area contributed by atoms with E-state index in [2.05, 4.69) is 9.97 Å². The molecule has 5 nitrogen and oxygen atoms in total. The molecule has 30 heavy (non-hydrogen) atoms. The Morgan fingerprint density at radius 3 is 2.47 bits per heavy atom.